The van der Waals surface area contributed by atoms with E-state index < -0.39 is 5.97 Å². The summed E-state index contributed by atoms with van der Waals surface area (Å²) in [6.07, 6.45) is 5.06. The van der Waals surface area contributed by atoms with Crippen molar-refractivity contribution in [3.63, 3.8) is 0 Å². The van der Waals surface area contributed by atoms with Crippen molar-refractivity contribution in [2.45, 2.75) is 38.5 Å². The first-order valence-electron chi connectivity index (χ1n) is 10.3. The van der Waals surface area contributed by atoms with Crippen LogP contribution < -0.4 is 4.74 Å². The molecule has 0 bridgehead atoms. The molecule has 0 saturated heterocycles. The molecule has 2 aromatic heterocycles. The molecule has 4 aromatic rings. The Labute approximate surface area is 177 Å². The zero-order valence-electron chi connectivity index (χ0n) is 16.6. The fourth-order valence-corrected chi connectivity index (χ4v) is 5.82. The Kier molecular flexibility index (Phi) is 3.87. The molecule has 3 heterocycles. The maximum atomic E-state index is 11.7. The van der Waals surface area contributed by atoms with E-state index in [1.54, 1.807) is 11.3 Å². The Bertz CT molecular complexity index is 1340. The third-order valence-corrected chi connectivity index (χ3v) is 7.37. The molecule has 1 aliphatic heterocycles. The van der Waals surface area contributed by atoms with Crippen LogP contribution in [0.2, 0.25) is 0 Å². The van der Waals surface area contributed by atoms with Crippen LogP contribution in [0.4, 0.5) is 0 Å². The van der Waals surface area contributed by atoms with E-state index in [4.69, 9.17) is 14.7 Å². The van der Waals surface area contributed by atoms with Crippen LogP contribution in [0.3, 0.4) is 0 Å². The number of hydrogen-bond acceptors (Lipinski definition) is 5. The fourth-order valence-electron chi connectivity index (χ4n) is 4.52. The summed E-state index contributed by atoms with van der Waals surface area (Å²) in [5.41, 5.74) is 6.82. The molecule has 0 unspecified atom stereocenters. The second kappa shape index (κ2) is 6.51. The van der Waals surface area contributed by atoms with E-state index in [0.29, 0.717) is 12.5 Å². The number of rotatable bonds is 4. The summed E-state index contributed by atoms with van der Waals surface area (Å²) in [6.45, 7) is 2.66. The van der Waals surface area contributed by atoms with E-state index >= 15 is 0 Å². The van der Waals surface area contributed by atoms with Crippen LogP contribution >= 0.6 is 11.3 Å². The molecular formula is C24H20N2O3S. The highest BCUT2D eigenvalue weighted by molar-refractivity contribution is 7.19. The number of pyridine rings is 1. The number of fused-ring (bicyclic) bond motifs is 1. The van der Waals surface area contributed by atoms with Crippen LogP contribution in [-0.2, 0) is 17.6 Å². The zero-order chi connectivity index (χ0) is 20.4. The maximum Gasteiger partial charge on any atom is 0.307 e. The standard InChI is InChI=1S/C24H20N2O3S/c1-12-10-17-23(30-24(26-17)14-2-3-14)21(16(12)11-19(27)28)15-4-5-18-20-13(7-9-29-18)6-8-25-22(15)20/h4-6,8,10,14H,2-3,7,9,11H2,1H3,(H,27,28). The minimum absolute atomic E-state index is 0.0206. The fraction of sp³-hybridized carbons (Fsp3) is 0.292. The number of aromatic nitrogens is 2. The molecule has 6 heteroatoms. The highest BCUT2D eigenvalue weighted by Crippen LogP contribution is 2.48. The van der Waals surface area contributed by atoms with E-state index in [1.807, 2.05) is 31.3 Å². The minimum Gasteiger partial charge on any atom is -0.493 e. The average molecular weight is 417 g/mol. The van der Waals surface area contributed by atoms with Gasteiger partial charge in [0.15, 0.2) is 0 Å². The zero-order valence-corrected chi connectivity index (χ0v) is 17.4. The van der Waals surface area contributed by atoms with Gasteiger partial charge in [0.2, 0.25) is 0 Å². The number of hydrogen-bond donors (Lipinski definition) is 1. The van der Waals surface area contributed by atoms with E-state index in [-0.39, 0.29) is 6.42 Å². The van der Waals surface area contributed by atoms with Crippen molar-refractivity contribution >= 4 is 38.4 Å². The molecule has 0 amide bonds. The largest absolute Gasteiger partial charge is 0.493 e. The highest BCUT2D eigenvalue weighted by Gasteiger charge is 2.29. The molecular weight excluding hydrogens is 396 g/mol. The van der Waals surface area contributed by atoms with Gasteiger partial charge in [-0.15, -0.1) is 11.3 Å². The quantitative estimate of drug-likeness (QED) is 0.491. The molecule has 1 N–H and O–H groups in total. The average Bonchev–Trinajstić information content (AvgIpc) is 3.50. The summed E-state index contributed by atoms with van der Waals surface area (Å²) >= 11 is 1.71. The molecule has 5 nitrogen and oxygen atoms in total. The molecule has 1 fully saturated rings. The van der Waals surface area contributed by atoms with Crippen LogP contribution in [0.1, 0.15) is 40.5 Å². The number of ether oxygens (including phenoxy) is 1. The molecule has 2 aromatic carbocycles. The van der Waals surface area contributed by atoms with Gasteiger partial charge in [0.1, 0.15) is 5.75 Å². The smallest absolute Gasteiger partial charge is 0.307 e. The van der Waals surface area contributed by atoms with Crippen LogP contribution in [-0.4, -0.2) is 27.7 Å². The lowest BCUT2D eigenvalue weighted by Crippen LogP contribution is -2.09. The Balaban J connectivity index is 1.71. The molecule has 2 aliphatic rings. The number of nitrogens with zero attached hydrogens (tertiary/aromatic N) is 2. The van der Waals surface area contributed by atoms with Crippen molar-refractivity contribution in [2.24, 2.45) is 0 Å². The van der Waals surface area contributed by atoms with Gasteiger partial charge in [-0.2, -0.15) is 0 Å². The van der Waals surface area contributed by atoms with Gasteiger partial charge in [-0.3, -0.25) is 9.78 Å². The van der Waals surface area contributed by atoms with Crippen molar-refractivity contribution in [1.82, 2.24) is 9.97 Å². The summed E-state index contributed by atoms with van der Waals surface area (Å²) in [7, 11) is 0. The SMILES string of the molecule is Cc1cc2nc(C3CC3)sc2c(-c2ccc3c4c(ccnc24)CCO3)c1CC(=O)O. The number of benzene rings is 2. The first-order valence-corrected chi connectivity index (χ1v) is 11.1. The maximum absolute atomic E-state index is 11.7. The number of carboxylic acids is 1. The van der Waals surface area contributed by atoms with Gasteiger partial charge in [-0.1, -0.05) is 0 Å². The molecule has 0 radical (unpaired) electrons. The van der Waals surface area contributed by atoms with Crippen LogP contribution in [0, 0.1) is 6.92 Å². The first kappa shape index (κ1) is 17.8. The molecule has 0 atom stereocenters. The van der Waals surface area contributed by atoms with Crippen molar-refractivity contribution in [3.05, 3.63) is 52.2 Å². The van der Waals surface area contributed by atoms with Gasteiger partial charge in [-0.05, 0) is 60.7 Å². The van der Waals surface area contributed by atoms with Crippen molar-refractivity contribution in [3.8, 4) is 16.9 Å². The van der Waals surface area contributed by atoms with Crippen molar-refractivity contribution in [2.75, 3.05) is 6.61 Å². The predicted molar refractivity (Wildman–Crippen MR) is 118 cm³/mol. The van der Waals surface area contributed by atoms with E-state index in [9.17, 15) is 9.90 Å². The molecule has 1 saturated carbocycles. The number of carboxylic acid groups (broad SMARTS) is 1. The third kappa shape index (κ3) is 2.70. The lowest BCUT2D eigenvalue weighted by molar-refractivity contribution is -0.136. The van der Waals surface area contributed by atoms with Crippen molar-refractivity contribution < 1.29 is 14.6 Å². The number of thiazole rings is 1. The lowest BCUT2D eigenvalue weighted by atomic mass is 9.90. The second-order valence-electron chi connectivity index (χ2n) is 8.20. The normalized spacial score (nSPS) is 15.5. The van der Waals surface area contributed by atoms with Crippen molar-refractivity contribution in [1.29, 1.82) is 0 Å². The van der Waals surface area contributed by atoms with Gasteiger partial charge < -0.3 is 9.84 Å². The Morgan fingerprint density at radius 2 is 2.17 bits per heavy atom. The van der Waals surface area contributed by atoms with E-state index in [1.165, 1.54) is 18.4 Å². The number of aryl methyl sites for hydroxylation is 1. The van der Waals surface area contributed by atoms with E-state index in [2.05, 4.69) is 6.07 Å². The summed E-state index contributed by atoms with van der Waals surface area (Å²) in [5, 5.41) is 11.8. The van der Waals surface area contributed by atoms with Crippen LogP contribution in [0.15, 0.2) is 30.5 Å². The Hall–Kier alpha value is -2.99. The van der Waals surface area contributed by atoms with Crippen LogP contribution in [0.25, 0.3) is 32.2 Å². The summed E-state index contributed by atoms with van der Waals surface area (Å²) in [4.78, 5) is 21.4. The van der Waals surface area contributed by atoms with Crippen LogP contribution in [0.5, 0.6) is 5.75 Å². The minimum atomic E-state index is -0.829. The predicted octanol–water partition coefficient (Wildman–Crippen LogP) is 5.26. The number of carbonyl (C=O) groups is 1. The number of aliphatic carboxylic acids is 1. The van der Waals surface area contributed by atoms with E-state index in [0.717, 1.165) is 60.6 Å². The monoisotopic (exact) mass is 416 g/mol. The summed E-state index contributed by atoms with van der Waals surface area (Å²) in [5.74, 6) is 0.584. The Morgan fingerprint density at radius 3 is 2.97 bits per heavy atom. The van der Waals surface area contributed by atoms with Gasteiger partial charge >= 0.3 is 5.97 Å². The summed E-state index contributed by atoms with van der Waals surface area (Å²) < 4.78 is 6.96. The third-order valence-electron chi connectivity index (χ3n) is 6.12. The molecule has 30 heavy (non-hydrogen) atoms. The summed E-state index contributed by atoms with van der Waals surface area (Å²) in [6, 6.07) is 8.14. The molecule has 1 aliphatic carbocycles. The van der Waals surface area contributed by atoms with Gasteiger partial charge in [-0.25, -0.2) is 4.98 Å². The van der Waals surface area contributed by atoms with Gasteiger partial charge in [0.25, 0.3) is 0 Å². The Morgan fingerprint density at radius 1 is 1.30 bits per heavy atom. The molecule has 0 spiro atoms. The molecule has 150 valence electrons. The first-order chi connectivity index (χ1) is 14.6. The second-order valence-corrected chi connectivity index (χ2v) is 9.23. The lowest BCUT2D eigenvalue weighted by Gasteiger charge is -2.21. The molecule has 6 rings (SSSR count). The van der Waals surface area contributed by atoms with Gasteiger partial charge in [0, 0.05) is 35.0 Å². The van der Waals surface area contributed by atoms with Gasteiger partial charge in [0.05, 0.1) is 33.8 Å². The topological polar surface area (TPSA) is 72.3 Å². The highest BCUT2D eigenvalue weighted by atomic mass is 32.1.